The Morgan fingerprint density at radius 3 is 2.81 bits per heavy atom. The van der Waals surface area contributed by atoms with Crippen molar-refractivity contribution in [3.8, 4) is 0 Å². The van der Waals surface area contributed by atoms with E-state index < -0.39 is 0 Å². The fourth-order valence-electron chi connectivity index (χ4n) is 1.23. The van der Waals surface area contributed by atoms with Crippen LogP contribution in [0.5, 0.6) is 0 Å². The van der Waals surface area contributed by atoms with Gasteiger partial charge in [0.1, 0.15) is 0 Å². The lowest BCUT2D eigenvalue weighted by Crippen LogP contribution is -2.34. The van der Waals surface area contributed by atoms with Crippen molar-refractivity contribution in [3.05, 3.63) is 11.9 Å². The van der Waals surface area contributed by atoms with E-state index in [0.29, 0.717) is 18.2 Å². The highest BCUT2D eigenvalue weighted by Crippen LogP contribution is 2.06. The molecule has 0 radical (unpaired) electrons. The molecule has 0 aliphatic rings. The molecule has 16 heavy (non-hydrogen) atoms. The van der Waals surface area contributed by atoms with Crippen molar-refractivity contribution in [2.45, 2.75) is 26.3 Å². The van der Waals surface area contributed by atoms with Crippen LogP contribution in [0.1, 0.15) is 30.8 Å². The second kappa shape index (κ2) is 5.91. The molecule has 1 amide bonds. The standard InChI is InChI=1S/C10H18N4OS/c1-7(2)8(11)4-5-14(3)10(15)9-6-12-16-13-9/h6-8H,4-5,11H2,1-3H3. The molecule has 1 heterocycles. The molecule has 5 nitrogen and oxygen atoms in total. The van der Waals surface area contributed by atoms with Gasteiger partial charge in [0.05, 0.1) is 17.9 Å². The van der Waals surface area contributed by atoms with Crippen LogP contribution < -0.4 is 5.73 Å². The molecule has 0 spiro atoms. The van der Waals surface area contributed by atoms with E-state index in [4.69, 9.17) is 5.73 Å². The maximum atomic E-state index is 11.8. The molecular weight excluding hydrogens is 224 g/mol. The highest BCUT2D eigenvalue weighted by atomic mass is 32.1. The van der Waals surface area contributed by atoms with Crippen molar-refractivity contribution in [2.75, 3.05) is 13.6 Å². The normalized spacial score (nSPS) is 12.8. The van der Waals surface area contributed by atoms with Gasteiger partial charge in [0.2, 0.25) is 0 Å². The van der Waals surface area contributed by atoms with Crippen molar-refractivity contribution in [3.63, 3.8) is 0 Å². The molecule has 1 aromatic heterocycles. The van der Waals surface area contributed by atoms with Crippen LogP contribution in [-0.4, -0.2) is 39.2 Å². The van der Waals surface area contributed by atoms with Crippen molar-refractivity contribution in [1.29, 1.82) is 0 Å². The van der Waals surface area contributed by atoms with Crippen LogP contribution in [0.3, 0.4) is 0 Å². The summed E-state index contributed by atoms with van der Waals surface area (Å²) in [5.74, 6) is 0.342. The Morgan fingerprint density at radius 2 is 2.31 bits per heavy atom. The topological polar surface area (TPSA) is 72.1 Å². The van der Waals surface area contributed by atoms with Crippen LogP contribution in [0.25, 0.3) is 0 Å². The van der Waals surface area contributed by atoms with Gasteiger partial charge >= 0.3 is 0 Å². The number of nitrogens with zero attached hydrogens (tertiary/aromatic N) is 3. The molecule has 1 aromatic rings. The second-order valence-electron chi connectivity index (χ2n) is 4.22. The zero-order valence-corrected chi connectivity index (χ0v) is 10.7. The lowest BCUT2D eigenvalue weighted by molar-refractivity contribution is 0.0784. The maximum absolute atomic E-state index is 11.8. The average molecular weight is 242 g/mol. The average Bonchev–Trinajstić information content (AvgIpc) is 2.77. The predicted molar refractivity (Wildman–Crippen MR) is 64.3 cm³/mol. The summed E-state index contributed by atoms with van der Waals surface area (Å²) >= 11 is 1.04. The Balaban J connectivity index is 2.41. The van der Waals surface area contributed by atoms with Gasteiger partial charge in [0.15, 0.2) is 5.69 Å². The smallest absolute Gasteiger partial charge is 0.274 e. The van der Waals surface area contributed by atoms with Gasteiger partial charge in [0.25, 0.3) is 5.91 Å². The first-order valence-electron chi connectivity index (χ1n) is 5.31. The van der Waals surface area contributed by atoms with Gasteiger partial charge in [-0.3, -0.25) is 4.79 Å². The largest absolute Gasteiger partial charge is 0.340 e. The van der Waals surface area contributed by atoms with E-state index in [0.717, 1.165) is 18.1 Å². The second-order valence-corrected chi connectivity index (χ2v) is 4.77. The highest BCUT2D eigenvalue weighted by Gasteiger charge is 2.16. The number of nitrogens with two attached hydrogens (primary N) is 1. The molecule has 0 aliphatic carbocycles. The van der Waals surface area contributed by atoms with Crippen LogP contribution in [0.4, 0.5) is 0 Å². The van der Waals surface area contributed by atoms with Gasteiger partial charge in [-0.25, -0.2) is 0 Å². The zero-order chi connectivity index (χ0) is 12.1. The molecule has 0 aliphatic heterocycles. The molecule has 0 aromatic carbocycles. The number of hydrogen-bond acceptors (Lipinski definition) is 5. The molecular formula is C10H18N4OS. The molecule has 1 unspecified atom stereocenters. The summed E-state index contributed by atoms with van der Waals surface area (Å²) in [7, 11) is 1.76. The van der Waals surface area contributed by atoms with Crippen molar-refractivity contribution >= 4 is 17.6 Å². The molecule has 1 atom stereocenters. The third kappa shape index (κ3) is 3.53. The Hall–Kier alpha value is -1.01. The highest BCUT2D eigenvalue weighted by molar-refractivity contribution is 6.99. The summed E-state index contributed by atoms with van der Waals surface area (Å²) in [4.78, 5) is 13.4. The summed E-state index contributed by atoms with van der Waals surface area (Å²) in [5, 5.41) is 0. The zero-order valence-electron chi connectivity index (χ0n) is 9.88. The molecule has 1 rings (SSSR count). The Bertz CT molecular complexity index is 326. The summed E-state index contributed by atoms with van der Waals surface area (Å²) in [5.41, 5.74) is 6.33. The number of rotatable bonds is 5. The lowest BCUT2D eigenvalue weighted by atomic mass is 10.0. The summed E-state index contributed by atoms with van der Waals surface area (Å²) in [6.45, 7) is 4.81. The maximum Gasteiger partial charge on any atom is 0.274 e. The van der Waals surface area contributed by atoms with Crippen LogP contribution in [0.2, 0.25) is 0 Å². The van der Waals surface area contributed by atoms with E-state index in [1.165, 1.54) is 6.20 Å². The summed E-state index contributed by atoms with van der Waals surface area (Å²) in [6.07, 6.45) is 2.29. The van der Waals surface area contributed by atoms with Gasteiger partial charge in [-0.15, -0.1) is 0 Å². The van der Waals surface area contributed by atoms with Gasteiger partial charge < -0.3 is 10.6 Å². The molecule has 6 heteroatoms. The molecule has 0 fully saturated rings. The van der Waals surface area contributed by atoms with Crippen LogP contribution in [-0.2, 0) is 0 Å². The third-order valence-electron chi connectivity index (χ3n) is 2.58. The molecule has 0 saturated heterocycles. The van der Waals surface area contributed by atoms with Crippen LogP contribution >= 0.6 is 11.7 Å². The van der Waals surface area contributed by atoms with E-state index in [9.17, 15) is 4.79 Å². The van der Waals surface area contributed by atoms with Gasteiger partial charge in [-0.05, 0) is 12.3 Å². The lowest BCUT2D eigenvalue weighted by Gasteiger charge is -2.20. The first-order chi connectivity index (χ1) is 7.52. The Kier molecular flexibility index (Phi) is 4.82. The van der Waals surface area contributed by atoms with Crippen molar-refractivity contribution in [1.82, 2.24) is 13.6 Å². The monoisotopic (exact) mass is 242 g/mol. The van der Waals surface area contributed by atoms with E-state index in [1.807, 2.05) is 0 Å². The fraction of sp³-hybridized carbons (Fsp3) is 0.700. The van der Waals surface area contributed by atoms with E-state index in [1.54, 1.807) is 11.9 Å². The first-order valence-corrected chi connectivity index (χ1v) is 6.04. The minimum atomic E-state index is -0.0929. The minimum Gasteiger partial charge on any atom is -0.340 e. The predicted octanol–water partition coefficient (Wildman–Crippen LogP) is 0.983. The van der Waals surface area contributed by atoms with Gasteiger partial charge in [-0.1, -0.05) is 13.8 Å². The number of carbonyl (C=O) groups excluding carboxylic acids is 1. The SMILES string of the molecule is CC(C)C(N)CCN(C)C(=O)c1cnsn1. The number of carbonyl (C=O) groups is 1. The summed E-state index contributed by atoms with van der Waals surface area (Å²) in [6, 6.07) is 0.129. The van der Waals surface area contributed by atoms with E-state index in [2.05, 4.69) is 22.6 Å². The quantitative estimate of drug-likeness (QED) is 0.835. The number of aromatic nitrogens is 2. The van der Waals surface area contributed by atoms with Crippen LogP contribution in [0, 0.1) is 5.92 Å². The fourth-order valence-corrected chi connectivity index (χ4v) is 1.64. The van der Waals surface area contributed by atoms with E-state index >= 15 is 0 Å². The molecule has 90 valence electrons. The minimum absolute atomic E-state index is 0.0929. The number of hydrogen-bond donors (Lipinski definition) is 1. The van der Waals surface area contributed by atoms with Crippen molar-refractivity contribution in [2.24, 2.45) is 11.7 Å². The molecule has 0 saturated carbocycles. The first kappa shape index (κ1) is 13.1. The Morgan fingerprint density at radius 1 is 1.62 bits per heavy atom. The molecule has 0 bridgehead atoms. The number of amides is 1. The molecule has 2 N–H and O–H groups in total. The summed E-state index contributed by atoms with van der Waals surface area (Å²) < 4.78 is 7.72. The van der Waals surface area contributed by atoms with Crippen molar-refractivity contribution < 1.29 is 4.79 Å². The van der Waals surface area contributed by atoms with Gasteiger partial charge in [0, 0.05) is 19.6 Å². The van der Waals surface area contributed by atoms with E-state index in [-0.39, 0.29) is 11.9 Å². The van der Waals surface area contributed by atoms with Crippen LogP contribution in [0.15, 0.2) is 6.20 Å². The third-order valence-corrected chi connectivity index (χ3v) is 3.06. The Labute approximate surface area is 100.0 Å². The van der Waals surface area contributed by atoms with Gasteiger partial charge in [-0.2, -0.15) is 8.75 Å².